The topological polar surface area (TPSA) is 61.9 Å². The minimum atomic E-state index is -0.111. The van der Waals surface area contributed by atoms with Crippen LogP contribution in [0.15, 0.2) is 42.5 Å². The van der Waals surface area contributed by atoms with E-state index in [2.05, 4.69) is 10.2 Å². The van der Waals surface area contributed by atoms with E-state index in [-0.39, 0.29) is 17.7 Å². The summed E-state index contributed by atoms with van der Waals surface area (Å²) in [5.74, 6) is 0.672. The molecule has 0 unspecified atom stereocenters. The SMILES string of the molecule is Cc1cc(Cl)ccc1OCCN1CCN(C(=O)c2cccc(NC(=O)C(C)C)c2)CC1. The number of hydrogen-bond donors (Lipinski definition) is 1. The van der Waals surface area contributed by atoms with Gasteiger partial charge in [0.2, 0.25) is 5.91 Å². The summed E-state index contributed by atoms with van der Waals surface area (Å²) < 4.78 is 5.88. The molecule has 7 heteroatoms. The van der Waals surface area contributed by atoms with Gasteiger partial charge >= 0.3 is 0 Å². The van der Waals surface area contributed by atoms with Crippen molar-refractivity contribution in [1.29, 1.82) is 0 Å². The highest BCUT2D eigenvalue weighted by Gasteiger charge is 2.22. The first kappa shape index (κ1) is 23.1. The molecular formula is C24H30ClN3O3. The summed E-state index contributed by atoms with van der Waals surface area (Å²) >= 11 is 5.98. The van der Waals surface area contributed by atoms with Crippen LogP contribution in [0, 0.1) is 12.8 Å². The standard InChI is InChI=1S/C24H30ClN3O3/c1-17(2)23(29)26-21-6-4-5-19(16-21)24(30)28-11-9-27(10-12-28)13-14-31-22-8-7-20(25)15-18(22)3/h4-8,15-17H,9-14H2,1-3H3,(H,26,29). The first-order valence-electron chi connectivity index (χ1n) is 10.6. The summed E-state index contributed by atoms with van der Waals surface area (Å²) in [7, 11) is 0. The zero-order chi connectivity index (χ0) is 22.4. The Morgan fingerprint density at radius 2 is 1.84 bits per heavy atom. The van der Waals surface area contributed by atoms with Gasteiger partial charge in [-0.05, 0) is 48.9 Å². The number of amides is 2. The molecule has 0 radical (unpaired) electrons. The second kappa shape index (κ2) is 10.6. The molecule has 31 heavy (non-hydrogen) atoms. The summed E-state index contributed by atoms with van der Waals surface area (Å²) in [4.78, 5) is 29.0. The van der Waals surface area contributed by atoms with Crippen LogP contribution < -0.4 is 10.1 Å². The van der Waals surface area contributed by atoms with Crippen molar-refractivity contribution in [3.63, 3.8) is 0 Å². The fourth-order valence-electron chi connectivity index (χ4n) is 3.43. The van der Waals surface area contributed by atoms with Gasteiger partial charge in [-0.3, -0.25) is 14.5 Å². The molecule has 1 N–H and O–H groups in total. The zero-order valence-corrected chi connectivity index (χ0v) is 19.1. The van der Waals surface area contributed by atoms with Crippen LogP contribution in [0.25, 0.3) is 0 Å². The number of carbonyl (C=O) groups is 2. The molecule has 2 amide bonds. The summed E-state index contributed by atoms with van der Waals surface area (Å²) in [6, 6.07) is 12.8. The molecule has 0 aliphatic carbocycles. The van der Waals surface area contributed by atoms with E-state index in [4.69, 9.17) is 16.3 Å². The highest BCUT2D eigenvalue weighted by Crippen LogP contribution is 2.22. The van der Waals surface area contributed by atoms with Gasteiger partial charge in [0, 0.05) is 54.9 Å². The lowest BCUT2D eigenvalue weighted by Gasteiger charge is -2.34. The Labute approximate surface area is 189 Å². The number of halogens is 1. The van der Waals surface area contributed by atoms with E-state index in [9.17, 15) is 9.59 Å². The van der Waals surface area contributed by atoms with Gasteiger partial charge in [-0.15, -0.1) is 0 Å². The summed E-state index contributed by atoms with van der Waals surface area (Å²) in [6.07, 6.45) is 0. The van der Waals surface area contributed by atoms with Crippen molar-refractivity contribution >= 4 is 29.1 Å². The van der Waals surface area contributed by atoms with E-state index >= 15 is 0 Å². The first-order valence-corrected chi connectivity index (χ1v) is 11.0. The smallest absolute Gasteiger partial charge is 0.254 e. The van der Waals surface area contributed by atoms with Gasteiger partial charge < -0.3 is 15.0 Å². The molecule has 1 aliphatic rings. The molecule has 0 bridgehead atoms. The number of ether oxygens (including phenoxy) is 1. The fourth-order valence-corrected chi connectivity index (χ4v) is 3.66. The lowest BCUT2D eigenvalue weighted by atomic mass is 10.1. The second-order valence-electron chi connectivity index (χ2n) is 8.12. The lowest BCUT2D eigenvalue weighted by molar-refractivity contribution is -0.118. The van der Waals surface area contributed by atoms with Crippen LogP contribution >= 0.6 is 11.6 Å². The number of nitrogens with one attached hydrogen (secondary N) is 1. The van der Waals surface area contributed by atoms with Gasteiger partial charge in [-0.25, -0.2) is 0 Å². The molecule has 1 aliphatic heterocycles. The van der Waals surface area contributed by atoms with Crippen LogP contribution in [0.2, 0.25) is 5.02 Å². The second-order valence-corrected chi connectivity index (χ2v) is 8.55. The monoisotopic (exact) mass is 443 g/mol. The van der Waals surface area contributed by atoms with Gasteiger partial charge in [0.15, 0.2) is 0 Å². The first-order chi connectivity index (χ1) is 14.8. The predicted octanol–water partition coefficient (Wildman–Crippen LogP) is 4.08. The molecule has 0 aromatic heterocycles. The van der Waals surface area contributed by atoms with E-state index in [0.717, 1.165) is 30.9 Å². The Morgan fingerprint density at radius 3 is 2.52 bits per heavy atom. The number of nitrogens with zero attached hydrogens (tertiary/aromatic N) is 2. The Balaban J connectivity index is 1.47. The summed E-state index contributed by atoms with van der Waals surface area (Å²) in [5, 5.41) is 3.56. The number of rotatable bonds is 7. The van der Waals surface area contributed by atoms with Crippen LogP contribution in [0.5, 0.6) is 5.75 Å². The highest BCUT2D eigenvalue weighted by molar-refractivity contribution is 6.30. The molecule has 0 saturated carbocycles. The van der Waals surface area contributed by atoms with Crippen LogP contribution in [0.4, 0.5) is 5.69 Å². The Kier molecular flexibility index (Phi) is 7.93. The van der Waals surface area contributed by atoms with E-state index in [1.54, 1.807) is 24.3 Å². The van der Waals surface area contributed by atoms with Gasteiger partial charge in [0.1, 0.15) is 12.4 Å². The van der Waals surface area contributed by atoms with E-state index < -0.39 is 0 Å². The molecule has 1 saturated heterocycles. The lowest BCUT2D eigenvalue weighted by Crippen LogP contribution is -2.49. The Bertz CT molecular complexity index is 924. The molecule has 0 spiro atoms. The van der Waals surface area contributed by atoms with Crippen LogP contribution in [0.3, 0.4) is 0 Å². The van der Waals surface area contributed by atoms with E-state index in [1.807, 2.05) is 43.9 Å². The van der Waals surface area contributed by atoms with Crippen molar-refractivity contribution in [2.24, 2.45) is 5.92 Å². The van der Waals surface area contributed by atoms with Crippen molar-refractivity contribution in [2.75, 3.05) is 44.6 Å². The quantitative estimate of drug-likeness (QED) is 0.700. The van der Waals surface area contributed by atoms with Crippen LogP contribution in [-0.2, 0) is 4.79 Å². The number of carbonyl (C=O) groups excluding carboxylic acids is 2. The average Bonchev–Trinajstić information content (AvgIpc) is 2.75. The Hall–Kier alpha value is -2.57. The predicted molar refractivity (Wildman–Crippen MR) is 124 cm³/mol. The minimum Gasteiger partial charge on any atom is -0.492 e. The molecule has 6 nitrogen and oxygen atoms in total. The van der Waals surface area contributed by atoms with Crippen molar-refractivity contribution in [2.45, 2.75) is 20.8 Å². The maximum Gasteiger partial charge on any atom is 0.254 e. The number of piperazine rings is 1. The van der Waals surface area contributed by atoms with Gasteiger partial charge in [0.25, 0.3) is 5.91 Å². The van der Waals surface area contributed by atoms with Crippen LogP contribution in [0.1, 0.15) is 29.8 Å². The van der Waals surface area contributed by atoms with Crippen LogP contribution in [-0.4, -0.2) is 60.9 Å². The minimum absolute atomic E-state index is 0.00617. The number of aryl methyl sites for hydroxylation is 1. The third kappa shape index (κ3) is 6.45. The maximum absolute atomic E-state index is 12.9. The molecule has 2 aromatic carbocycles. The molecule has 2 aromatic rings. The summed E-state index contributed by atoms with van der Waals surface area (Å²) in [5.41, 5.74) is 2.27. The van der Waals surface area contributed by atoms with E-state index in [0.29, 0.717) is 36.0 Å². The normalized spacial score (nSPS) is 14.5. The molecule has 166 valence electrons. The number of anilines is 1. The fraction of sp³-hybridized carbons (Fsp3) is 0.417. The van der Waals surface area contributed by atoms with Gasteiger partial charge in [0.05, 0.1) is 0 Å². The maximum atomic E-state index is 12.9. The summed E-state index contributed by atoms with van der Waals surface area (Å²) in [6.45, 7) is 10.0. The van der Waals surface area contributed by atoms with Crippen molar-refractivity contribution in [3.8, 4) is 5.75 Å². The Morgan fingerprint density at radius 1 is 1.10 bits per heavy atom. The highest BCUT2D eigenvalue weighted by atomic mass is 35.5. The molecule has 3 rings (SSSR count). The third-order valence-corrected chi connectivity index (χ3v) is 5.60. The number of hydrogen-bond acceptors (Lipinski definition) is 4. The number of benzene rings is 2. The van der Waals surface area contributed by atoms with Gasteiger partial charge in [-0.1, -0.05) is 31.5 Å². The molecule has 1 fully saturated rings. The van der Waals surface area contributed by atoms with Crippen molar-refractivity contribution < 1.29 is 14.3 Å². The molecule has 0 atom stereocenters. The van der Waals surface area contributed by atoms with Crippen molar-refractivity contribution in [1.82, 2.24) is 9.80 Å². The zero-order valence-electron chi connectivity index (χ0n) is 18.4. The largest absolute Gasteiger partial charge is 0.492 e. The molecule has 1 heterocycles. The van der Waals surface area contributed by atoms with Crippen molar-refractivity contribution in [3.05, 3.63) is 58.6 Å². The molecular weight excluding hydrogens is 414 g/mol. The average molecular weight is 444 g/mol. The third-order valence-electron chi connectivity index (χ3n) is 5.36. The van der Waals surface area contributed by atoms with Gasteiger partial charge in [-0.2, -0.15) is 0 Å². The van der Waals surface area contributed by atoms with E-state index in [1.165, 1.54) is 0 Å².